The molecule has 0 spiro atoms. The number of carbonyl (C=O) groups is 1. The van der Waals surface area contributed by atoms with E-state index in [4.69, 9.17) is 4.74 Å². The van der Waals surface area contributed by atoms with Crippen molar-refractivity contribution in [3.63, 3.8) is 0 Å². The van der Waals surface area contributed by atoms with Crippen LogP contribution in [0.15, 0.2) is 30.6 Å². The van der Waals surface area contributed by atoms with Crippen LogP contribution in [0.4, 0.5) is 10.2 Å². The number of rotatable bonds is 6. The first kappa shape index (κ1) is 21.6. The molecule has 8 heteroatoms. The number of fused-ring (bicyclic) bond motifs is 1. The van der Waals surface area contributed by atoms with Crippen LogP contribution in [0.1, 0.15) is 49.6 Å². The number of amides is 1. The van der Waals surface area contributed by atoms with Crippen LogP contribution in [0.5, 0.6) is 0 Å². The van der Waals surface area contributed by atoms with E-state index in [1.54, 1.807) is 18.5 Å². The van der Waals surface area contributed by atoms with Gasteiger partial charge in [-0.3, -0.25) is 4.79 Å². The Morgan fingerprint density at radius 3 is 2.58 bits per heavy atom. The van der Waals surface area contributed by atoms with Gasteiger partial charge in [-0.1, -0.05) is 26.0 Å². The van der Waals surface area contributed by atoms with Crippen LogP contribution in [-0.4, -0.2) is 59.5 Å². The molecule has 1 aromatic heterocycles. The minimum absolute atomic E-state index is 0.0178. The molecule has 2 unspecified atom stereocenters. The van der Waals surface area contributed by atoms with Gasteiger partial charge in [0.15, 0.2) is 0 Å². The Labute approximate surface area is 182 Å². The van der Waals surface area contributed by atoms with Gasteiger partial charge >= 0.3 is 0 Å². The van der Waals surface area contributed by atoms with E-state index >= 15 is 0 Å². The molecule has 1 saturated heterocycles. The average Bonchev–Trinajstić information content (AvgIpc) is 3.16. The number of anilines is 1. The number of halogens is 1. The van der Waals surface area contributed by atoms with Crippen LogP contribution < -0.4 is 10.2 Å². The van der Waals surface area contributed by atoms with Gasteiger partial charge in [0.25, 0.3) is 0 Å². The van der Waals surface area contributed by atoms with Crippen LogP contribution in [0.3, 0.4) is 0 Å². The summed E-state index contributed by atoms with van der Waals surface area (Å²) in [5, 5.41) is 3.36. The van der Waals surface area contributed by atoms with Crippen LogP contribution in [-0.2, 0) is 16.1 Å². The first-order valence-corrected chi connectivity index (χ1v) is 10.9. The highest BCUT2D eigenvalue weighted by Crippen LogP contribution is 2.35. The Morgan fingerprint density at radius 1 is 1.19 bits per heavy atom. The van der Waals surface area contributed by atoms with Crippen molar-refractivity contribution in [2.24, 2.45) is 0 Å². The zero-order valence-electron chi connectivity index (χ0n) is 18.3. The van der Waals surface area contributed by atoms with Crippen molar-refractivity contribution in [2.45, 2.75) is 45.4 Å². The molecule has 1 aromatic carbocycles. The second-order valence-electron chi connectivity index (χ2n) is 8.49. The first-order chi connectivity index (χ1) is 14.9. The normalized spacial score (nSPS) is 19.6. The number of carbonyl (C=O) groups excluding carboxylic acids is 1. The van der Waals surface area contributed by atoms with Gasteiger partial charge in [0, 0.05) is 44.3 Å². The summed E-state index contributed by atoms with van der Waals surface area (Å²) in [6.45, 7) is 9.81. The van der Waals surface area contributed by atoms with Crippen molar-refractivity contribution in [1.29, 1.82) is 0 Å². The third kappa shape index (κ3) is 4.70. The van der Waals surface area contributed by atoms with Crippen LogP contribution in [0, 0.1) is 5.82 Å². The van der Waals surface area contributed by atoms with Crippen molar-refractivity contribution >= 4 is 11.7 Å². The summed E-state index contributed by atoms with van der Waals surface area (Å²) in [5.41, 5.74) is 2.85. The molecule has 2 atom stereocenters. The summed E-state index contributed by atoms with van der Waals surface area (Å²) in [5.74, 6) is 0.352. The average molecular weight is 428 g/mol. The lowest BCUT2D eigenvalue weighted by Crippen LogP contribution is -2.51. The predicted molar refractivity (Wildman–Crippen MR) is 116 cm³/mol. The molecule has 31 heavy (non-hydrogen) atoms. The second-order valence-corrected chi connectivity index (χ2v) is 8.49. The van der Waals surface area contributed by atoms with Crippen molar-refractivity contribution in [3.8, 4) is 0 Å². The molecule has 0 bridgehead atoms. The lowest BCUT2D eigenvalue weighted by atomic mass is 9.96. The van der Waals surface area contributed by atoms with E-state index in [-0.39, 0.29) is 29.8 Å². The van der Waals surface area contributed by atoms with Crippen molar-refractivity contribution < 1.29 is 13.9 Å². The van der Waals surface area contributed by atoms with Gasteiger partial charge < -0.3 is 19.9 Å². The fourth-order valence-electron chi connectivity index (χ4n) is 4.25. The fraction of sp³-hybridized carbons (Fsp3) is 0.522. The molecule has 1 fully saturated rings. The molecular weight excluding hydrogens is 397 g/mol. The molecule has 7 nitrogen and oxygen atoms in total. The smallest absolute Gasteiger partial charge is 0.231 e. The molecule has 4 rings (SSSR count). The van der Waals surface area contributed by atoms with E-state index in [9.17, 15) is 9.18 Å². The largest absolute Gasteiger partial charge is 0.367 e. The predicted octanol–water partition coefficient (Wildman–Crippen LogP) is 2.64. The summed E-state index contributed by atoms with van der Waals surface area (Å²) in [6.07, 6.45) is 1.57. The summed E-state index contributed by atoms with van der Waals surface area (Å²) >= 11 is 0. The molecule has 1 N–H and O–H groups in total. The van der Waals surface area contributed by atoms with Gasteiger partial charge in [-0.2, -0.15) is 0 Å². The van der Waals surface area contributed by atoms with Crippen molar-refractivity contribution in [1.82, 2.24) is 20.2 Å². The fourth-order valence-corrected chi connectivity index (χ4v) is 4.25. The minimum atomic E-state index is -0.341. The Kier molecular flexibility index (Phi) is 6.48. The molecule has 2 aliphatic rings. The first-order valence-electron chi connectivity index (χ1n) is 10.9. The van der Waals surface area contributed by atoms with Crippen LogP contribution in [0.2, 0.25) is 0 Å². The number of benzene rings is 1. The zero-order chi connectivity index (χ0) is 22.0. The highest BCUT2D eigenvalue weighted by molar-refractivity contribution is 5.84. The number of hydrogen-bond donors (Lipinski definition) is 1. The number of ether oxygens (including phenoxy) is 1. The van der Waals surface area contributed by atoms with Crippen molar-refractivity contribution in [3.05, 3.63) is 53.2 Å². The van der Waals surface area contributed by atoms with Gasteiger partial charge in [-0.05, 0) is 24.6 Å². The zero-order valence-corrected chi connectivity index (χ0v) is 18.3. The SMILES string of the molecule is CC(C)NCC(C(=O)N1CCN(c2ncnc3c2C(C)OC3)CC1)c1ccc(F)cc1. The number of nitrogens with zero attached hydrogens (tertiary/aromatic N) is 4. The molecule has 3 heterocycles. The molecule has 0 radical (unpaired) electrons. The standard InChI is InChI=1S/C23H30FN5O2/c1-15(2)25-12-19(17-4-6-18(24)7-5-17)23(30)29-10-8-28(9-11-29)22-21-16(3)31-13-20(21)26-14-27-22/h4-7,14-16,19,25H,8-13H2,1-3H3. The van der Waals surface area contributed by atoms with E-state index in [1.807, 2.05) is 11.8 Å². The highest BCUT2D eigenvalue weighted by atomic mass is 19.1. The lowest BCUT2D eigenvalue weighted by molar-refractivity contribution is -0.133. The van der Waals surface area contributed by atoms with Gasteiger partial charge in [0.05, 0.1) is 24.3 Å². The van der Waals surface area contributed by atoms with Gasteiger partial charge in [0.1, 0.15) is 18.0 Å². The maximum atomic E-state index is 13.4. The van der Waals surface area contributed by atoms with E-state index < -0.39 is 0 Å². The molecule has 0 aliphatic carbocycles. The molecule has 1 amide bonds. The van der Waals surface area contributed by atoms with Crippen LogP contribution >= 0.6 is 0 Å². The van der Waals surface area contributed by atoms with Crippen LogP contribution in [0.25, 0.3) is 0 Å². The van der Waals surface area contributed by atoms with Gasteiger partial charge in [-0.25, -0.2) is 14.4 Å². The topological polar surface area (TPSA) is 70.6 Å². The summed E-state index contributed by atoms with van der Waals surface area (Å²) in [4.78, 5) is 26.4. The monoisotopic (exact) mass is 427 g/mol. The Hall–Kier alpha value is -2.58. The summed E-state index contributed by atoms with van der Waals surface area (Å²) < 4.78 is 19.1. The third-order valence-electron chi connectivity index (χ3n) is 6.01. The Morgan fingerprint density at radius 2 is 1.90 bits per heavy atom. The van der Waals surface area contributed by atoms with Gasteiger partial charge in [-0.15, -0.1) is 0 Å². The second kappa shape index (κ2) is 9.28. The maximum Gasteiger partial charge on any atom is 0.231 e. The van der Waals surface area contributed by atoms with Crippen molar-refractivity contribution in [2.75, 3.05) is 37.6 Å². The Bertz CT molecular complexity index is 913. The molecule has 2 aromatic rings. The lowest BCUT2D eigenvalue weighted by Gasteiger charge is -2.38. The number of nitrogens with one attached hydrogen (secondary N) is 1. The number of hydrogen-bond acceptors (Lipinski definition) is 6. The Balaban J connectivity index is 1.46. The number of aromatic nitrogens is 2. The summed E-state index contributed by atoms with van der Waals surface area (Å²) in [7, 11) is 0. The van der Waals surface area contributed by atoms with E-state index in [0.29, 0.717) is 39.3 Å². The van der Waals surface area contributed by atoms with E-state index in [1.165, 1.54) is 12.1 Å². The molecule has 2 aliphatic heterocycles. The van der Waals surface area contributed by atoms with Gasteiger partial charge in [0.2, 0.25) is 5.91 Å². The highest BCUT2D eigenvalue weighted by Gasteiger charge is 2.32. The minimum Gasteiger partial charge on any atom is -0.367 e. The quantitative estimate of drug-likeness (QED) is 0.764. The summed E-state index contributed by atoms with van der Waals surface area (Å²) in [6, 6.07) is 6.52. The molecule has 0 saturated carbocycles. The number of piperazine rings is 1. The molecular formula is C23H30FN5O2. The van der Waals surface area contributed by atoms with E-state index in [0.717, 1.165) is 22.6 Å². The van der Waals surface area contributed by atoms with E-state index in [2.05, 4.69) is 34.0 Å². The maximum absolute atomic E-state index is 13.4. The molecule has 166 valence electrons. The third-order valence-corrected chi connectivity index (χ3v) is 6.01.